The summed E-state index contributed by atoms with van der Waals surface area (Å²) in [4.78, 5) is 15.7. The van der Waals surface area contributed by atoms with Gasteiger partial charge in [-0.05, 0) is 36.8 Å². The highest BCUT2D eigenvalue weighted by Gasteiger charge is 2.30. The number of aryl methyl sites for hydroxylation is 1. The maximum Gasteiger partial charge on any atom is 0.323 e. The summed E-state index contributed by atoms with van der Waals surface area (Å²) in [6.45, 7) is 4.66. The minimum absolute atomic E-state index is 0.109. The summed E-state index contributed by atoms with van der Waals surface area (Å²) in [5.74, 6) is 1.16. The summed E-state index contributed by atoms with van der Waals surface area (Å²) < 4.78 is 4.97. The largest absolute Gasteiger partial charge is 0.360 e. The van der Waals surface area contributed by atoms with Crippen LogP contribution in [0.25, 0.3) is 0 Å². The van der Waals surface area contributed by atoms with Crippen molar-refractivity contribution < 1.29 is 9.32 Å². The number of aromatic nitrogens is 1. The summed E-state index contributed by atoms with van der Waals surface area (Å²) in [5.41, 5.74) is 1.29. The number of carbonyl (C=O) groups is 1. The van der Waals surface area contributed by atoms with E-state index in [1.54, 1.807) is 24.3 Å². The first-order valence-electron chi connectivity index (χ1n) is 6.76. The average molecular weight is 291 g/mol. The molecule has 0 aliphatic carbocycles. The van der Waals surface area contributed by atoms with Gasteiger partial charge in [-0.25, -0.2) is 4.79 Å². The van der Waals surface area contributed by atoms with Crippen LogP contribution in [-0.4, -0.2) is 22.6 Å². The predicted molar refractivity (Wildman–Crippen MR) is 78.0 cm³/mol. The van der Waals surface area contributed by atoms with Crippen LogP contribution < -0.4 is 5.32 Å². The van der Waals surface area contributed by atoms with Crippen molar-refractivity contribution in [3.05, 3.63) is 33.7 Å². The monoisotopic (exact) mass is 291 g/mol. The van der Waals surface area contributed by atoms with Crippen LogP contribution in [-0.2, 0) is 6.42 Å². The van der Waals surface area contributed by atoms with E-state index < -0.39 is 0 Å². The lowest BCUT2D eigenvalue weighted by Crippen LogP contribution is -2.41. The lowest BCUT2D eigenvalue weighted by molar-refractivity contribution is 0.181. The van der Waals surface area contributed by atoms with Crippen LogP contribution >= 0.6 is 11.3 Å². The molecular formula is C14H17N3O2S. The molecule has 2 aromatic heterocycles. The number of amides is 2. The molecule has 106 valence electrons. The number of thiophene rings is 1. The molecule has 1 N–H and O–H groups in total. The van der Waals surface area contributed by atoms with Crippen LogP contribution in [0.5, 0.6) is 0 Å². The highest BCUT2D eigenvalue weighted by molar-refractivity contribution is 7.10. The Morgan fingerprint density at radius 3 is 3.20 bits per heavy atom. The van der Waals surface area contributed by atoms with Gasteiger partial charge in [0.05, 0.1) is 6.04 Å². The third-order valence-electron chi connectivity index (χ3n) is 3.61. The van der Waals surface area contributed by atoms with Gasteiger partial charge in [0.15, 0.2) is 5.82 Å². The minimum atomic E-state index is -0.109. The minimum Gasteiger partial charge on any atom is -0.360 e. The van der Waals surface area contributed by atoms with E-state index in [4.69, 9.17) is 4.52 Å². The molecule has 0 saturated carbocycles. The van der Waals surface area contributed by atoms with Gasteiger partial charge < -0.3 is 9.42 Å². The van der Waals surface area contributed by atoms with E-state index in [1.165, 1.54) is 10.4 Å². The molecule has 2 amide bonds. The number of hydrogen-bond acceptors (Lipinski definition) is 4. The Labute approximate surface area is 121 Å². The van der Waals surface area contributed by atoms with Crippen molar-refractivity contribution in [1.82, 2.24) is 10.1 Å². The van der Waals surface area contributed by atoms with Gasteiger partial charge >= 0.3 is 6.03 Å². The van der Waals surface area contributed by atoms with Crippen molar-refractivity contribution in [2.75, 3.05) is 11.9 Å². The standard InChI is InChI=1S/C14H17N3O2S/c1-3-11-10-5-7-20-12(10)4-6-17(11)14(18)15-13-8-9(2)19-16-13/h5,7-8,11H,3-4,6H2,1-2H3,(H,15,16,18)/t11-/m1/s1. The Balaban J connectivity index is 1.78. The fraction of sp³-hybridized carbons (Fsp3) is 0.429. The van der Waals surface area contributed by atoms with Crippen LogP contribution in [0.4, 0.5) is 10.6 Å². The molecule has 0 radical (unpaired) electrons. The quantitative estimate of drug-likeness (QED) is 0.920. The second kappa shape index (κ2) is 5.28. The molecule has 0 unspecified atom stereocenters. The number of nitrogens with zero attached hydrogens (tertiary/aromatic N) is 2. The third-order valence-corrected chi connectivity index (χ3v) is 4.60. The van der Waals surface area contributed by atoms with E-state index in [1.807, 2.05) is 4.90 Å². The summed E-state index contributed by atoms with van der Waals surface area (Å²) in [5, 5.41) is 8.72. The van der Waals surface area contributed by atoms with Crippen LogP contribution in [0.2, 0.25) is 0 Å². The maximum atomic E-state index is 12.4. The molecule has 1 aliphatic heterocycles. The van der Waals surface area contributed by atoms with Crippen LogP contribution in [0.1, 0.15) is 35.6 Å². The number of rotatable bonds is 2. The zero-order valence-corrected chi connectivity index (χ0v) is 12.4. The third kappa shape index (κ3) is 2.31. The maximum absolute atomic E-state index is 12.4. The van der Waals surface area contributed by atoms with Gasteiger partial charge in [-0.15, -0.1) is 11.3 Å². The molecule has 20 heavy (non-hydrogen) atoms. The molecular weight excluding hydrogens is 274 g/mol. The lowest BCUT2D eigenvalue weighted by Gasteiger charge is -2.35. The topological polar surface area (TPSA) is 58.4 Å². The SMILES string of the molecule is CC[C@@H]1c2ccsc2CCN1C(=O)Nc1cc(C)on1. The Bertz CT molecular complexity index is 619. The number of carbonyl (C=O) groups excluding carboxylic acids is 1. The van der Waals surface area contributed by atoms with Crippen molar-refractivity contribution in [3.63, 3.8) is 0 Å². The Morgan fingerprint density at radius 2 is 2.50 bits per heavy atom. The van der Waals surface area contributed by atoms with Gasteiger partial charge in [-0.1, -0.05) is 12.1 Å². The van der Waals surface area contributed by atoms with Gasteiger partial charge in [0.1, 0.15) is 5.76 Å². The summed E-state index contributed by atoms with van der Waals surface area (Å²) in [6.07, 6.45) is 1.84. The molecule has 1 atom stereocenters. The molecule has 0 bridgehead atoms. The number of hydrogen-bond donors (Lipinski definition) is 1. The molecule has 2 aromatic rings. The zero-order chi connectivity index (χ0) is 14.1. The normalized spacial score (nSPS) is 17.9. The van der Waals surface area contributed by atoms with Gasteiger partial charge in [-0.2, -0.15) is 0 Å². The van der Waals surface area contributed by atoms with E-state index >= 15 is 0 Å². The highest BCUT2D eigenvalue weighted by Crippen LogP contribution is 2.35. The first-order valence-corrected chi connectivity index (χ1v) is 7.64. The number of nitrogens with one attached hydrogen (secondary N) is 1. The van der Waals surface area contributed by atoms with Gasteiger partial charge in [-0.3, -0.25) is 5.32 Å². The van der Waals surface area contributed by atoms with E-state index in [2.05, 4.69) is 28.8 Å². The fourth-order valence-electron chi connectivity index (χ4n) is 2.69. The van der Waals surface area contributed by atoms with Crippen molar-refractivity contribution in [2.45, 2.75) is 32.7 Å². The highest BCUT2D eigenvalue weighted by atomic mass is 32.1. The first kappa shape index (κ1) is 13.2. The van der Waals surface area contributed by atoms with Gasteiger partial charge in [0.25, 0.3) is 0 Å². The molecule has 3 rings (SSSR count). The predicted octanol–water partition coefficient (Wildman–Crippen LogP) is 3.59. The number of urea groups is 1. The second-order valence-corrected chi connectivity index (χ2v) is 5.92. The van der Waals surface area contributed by atoms with E-state index in [0.717, 1.165) is 19.4 Å². The zero-order valence-electron chi connectivity index (χ0n) is 11.5. The molecule has 0 spiro atoms. The molecule has 3 heterocycles. The lowest BCUT2D eigenvalue weighted by atomic mass is 9.98. The molecule has 6 heteroatoms. The second-order valence-electron chi connectivity index (χ2n) is 4.92. The van der Waals surface area contributed by atoms with Crippen LogP contribution in [0.3, 0.4) is 0 Å². The molecule has 1 aliphatic rings. The average Bonchev–Trinajstić information content (AvgIpc) is 3.06. The number of anilines is 1. The molecule has 0 fully saturated rings. The van der Waals surface area contributed by atoms with E-state index in [0.29, 0.717) is 11.6 Å². The van der Waals surface area contributed by atoms with E-state index in [9.17, 15) is 4.79 Å². The van der Waals surface area contributed by atoms with Crippen LogP contribution in [0, 0.1) is 6.92 Å². The Kier molecular flexibility index (Phi) is 3.48. The summed E-state index contributed by atoms with van der Waals surface area (Å²) in [6, 6.07) is 3.90. The first-order chi connectivity index (χ1) is 9.69. The smallest absolute Gasteiger partial charge is 0.323 e. The summed E-state index contributed by atoms with van der Waals surface area (Å²) in [7, 11) is 0. The summed E-state index contributed by atoms with van der Waals surface area (Å²) >= 11 is 1.78. The van der Waals surface area contributed by atoms with Gasteiger partial charge in [0, 0.05) is 17.5 Å². The van der Waals surface area contributed by atoms with Crippen molar-refractivity contribution in [3.8, 4) is 0 Å². The Hall–Kier alpha value is -1.82. The van der Waals surface area contributed by atoms with Crippen LogP contribution in [0.15, 0.2) is 22.0 Å². The van der Waals surface area contributed by atoms with E-state index in [-0.39, 0.29) is 12.1 Å². The number of fused-ring (bicyclic) bond motifs is 1. The Morgan fingerprint density at radius 1 is 1.65 bits per heavy atom. The van der Waals surface area contributed by atoms with Crippen molar-refractivity contribution in [2.24, 2.45) is 0 Å². The molecule has 0 saturated heterocycles. The fourth-order valence-corrected chi connectivity index (χ4v) is 3.61. The molecule has 0 aromatic carbocycles. The molecule has 5 nitrogen and oxygen atoms in total. The van der Waals surface area contributed by atoms with Crippen molar-refractivity contribution >= 4 is 23.2 Å². The van der Waals surface area contributed by atoms with Gasteiger partial charge in [0.2, 0.25) is 0 Å². The van der Waals surface area contributed by atoms with Crippen molar-refractivity contribution in [1.29, 1.82) is 0 Å².